The molecule has 0 spiro atoms. The summed E-state index contributed by atoms with van der Waals surface area (Å²) >= 11 is 0. The van der Waals surface area contributed by atoms with E-state index >= 15 is 0 Å². The molecule has 0 amide bonds. The van der Waals surface area contributed by atoms with Crippen LogP contribution >= 0.6 is 0 Å². The number of ether oxygens (including phenoxy) is 1. The smallest absolute Gasteiger partial charge is 0.338 e. The maximum atomic E-state index is 12.4. The minimum Gasteiger partial charge on any atom is -0.458 e. The number of hydrogen-bond acceptors (Lipinski definition) is 2. The second kappa shape index (κ2) is 9.96. The SMILES string of the molecule is CCCCCC[N+](C)(C)C[C@@H]1CCCC[C@@H]1OC(=O)c1ccccc1. The Hall–Kier alpha value is -1.35. The van der Waals surface area contributed by atoms with E-state index < -0.39 is 0 Å². The Morgan fingerprint density at radius 2 is 1.80 bits per heavy atom. The van der Waals surface area contributed by atoms with E-state index in [1.54, 1.807) is 0 Å². The first-order valence-corrected chi connectivity index (χ1v) is 10.1. The summed E-state index contributed by atoms with van der Waals surface area (Å²) in [7, 11) is 4.66. The molecule has 140 valence electrons. The zero-order chi connectivity index (χ0) is 18.1. The molecule has 0 aromatic heterocycles. The van der Waals surface area contributed by atoms with Crippen LogP contribution in [0.25, 0.3) is 0 Å². The van der Waals surface area contributed by atoms with Crippen LogP contribution in [-0.2, 0) is 4.74 Å². The zero-order valence-corrected chi connectivity index (χ0v) is 16.4. The van der Waals surface area contributed by atoms with Gasteiger partial charge in [-0.2, -0.15) is 0 Å². The van der Waals surface area contributed by atoms with Crippen LogP contribution in [0.3, 0.4) is 0 Å². The van der Waals surface area contributed by atoms with Crippen LogP contribution < -0.4 is 0 Å². The van der Waals surface area contributed by atoms with Crippen molar-refractivity contribution in [2.75, 3.05) is 27.2 Å². The Balaban J connectivity index is 1.90. The molecule has 0 unspecified atom stereocenters. The van der Waals surface area contributed by atoms with E-state index in [-0.39, 0.29) is 12.1 Å². The Morgan fingerprint density at radius 3 is 2.52 bits per heavy atom. The predicted octanol–water partition coefficient (Wildman–Crippen LogP) is 5.06. The van der Waals surface area contributed by atoms with Crippen molar-refractivity contribution in [2.45, 2.75) is 64.4 Å². The molecule has 0 N–H and O–H groups in total. The number of hydrogen-bond donors (Lipinski definition) is 0. The molecular weight excluding hydrogens is 310 g/mol. The summed E-state index contributed by atoms with van der Waals surface area (Å²) in [5.41, 5.74) is 0.667. The fraction of sp³-hybridized carbons (Fsp3) is 0.682. The molecule has 3 heteroatoms. The average molecular weight is 347 g/mol. The van der Waals surface area contributed by atoms with E-state index in [0.717, 1.165) is 17.4 Å². The second-order valence-corrected chi connectivity index (χ2v) is 8.26. The summed E-state index contributed by atoms with van der Waals surface area (Å²) in [6, 6.07) is 9.40. The summed E-state index contributed by atoms with van der Waals surface area (Å²) in [4.78, 5) is 12.4. The van der Waals surface area contributed by atoms with Gasteiger partial charge in [0.1, 0.15) is 6.10 Å². The lowest BCUT2D eigenvalue weighted by Gasteiger charge is -2.38. The van der Waals surface area contributed by atoms with Crippen LogP contribution in [0.2, 0.25) is 0 Å². The van der Waals surface area contributed by atoms with Crippen LogP contribution in [0.15, 0.2) is 30.3 Å². The van der Waals surface area contributed by atoms with Gasteiger partial charge in [0.05, 0.1) is 32.7 Å². The van der Waals surface area contributed by atoms with Gasteiger partial charge >= 0.3 is 5.97 Å². The van der Waals surface area contributed by atoms with Gasteiger partial charge in [-0.25, -0.2) is 4.79 Å². The van der Waals surface area contributed by atoms with Crippen LogP contribution in [0.4, 0.5) is 0 Å². The molecule has 1 aliphatic rings. The Morgan fingerprint density at radius 1 is 1.08 bits per heavy atom. The van der Waals surface area contributed by atoms with E-state index in [4.69, 9.17) is 4.74 Å². The standard InChI is InChI=1S/C22H36NO2/c1-4-5-6-12-17-23(2,3)18-20-15-10-11-16-21(20)25-22(24)19-13-8-7-9-14-19/h7-9,13-14,20-21H,4-6,10-12,15-18H2,1-3H3/q+1/t20-,21-/m0/s1. The lowest BCUT2D eigenvalue weighted by Crippen LogP contribution is -2.48. The lowest BCUT2D eigenvalue weighted by molar-refractivity contribution is -0.894. The normalized spacial score (nSPS) is 21.1. The van der Waals surface area contributed by atoms with E-state index in [1.807, 2.05) is 30.3 Å². The molecule has 1 aliphatic carbocycles. The highest BCUT2D eigenvalue weighted by Gasteiger charge is 2.33. The number of carbonyl (C=O) groups excluding carboxylic acids is 1. The topological polar surface area (TPSA) is 26.3 Å². The molecule has 0 radical (unpaired) electrons. The van der Waals surface area contributed by atoms with E-state index in [1.165, 1.54) is 51.5 Å². The van der Waals surface area contributed by atoms with Crippen molar-refractivity contribution in [3.05, 3.63) is 35.9 Å². The number of carbonyl (C=O) groups is 1. The third-order valence-corrected chi connectivity index (χ3v) is 5.45. The molecule has 0 aliphatic heterocycles. The van der Waals surface area contributed by atoms with Gasteiger partial charge in [-0.15, -0.1) is 0 Å². The summed E-state index contributed by atoms with van der Waals surface area (Å²) in [6.07, 6.45) is 9.95. The Kier molecular flexibility index (Phi) is 7.95. The van der Waals surface area contributed by atoms with Gasteiger partial charge in [0.15, 0.2) is 0 Å². The summed E-state index contributed by atoms with van der Waals surface area (Å²) in [6.45, 7) is 4.59. The van der Waals surface area contributed by atoms with Crippen molar-refractivity contribution < 1.29 is 14.0 Å². The van der Waals surface area contributed by atoms with Gasteiger partial charge in [0.25, 0.3) is 0 Å². The lowest BCUT2D eigenvalue weighted by atomic mass is 9.85. The van der Waals surface area contributed by atoms with Crippen molar-refractivity contribution in [1.29, 1.82) is 0 Å². The highest BCUT2D eigenvalue weighted by atomic mass is 16.5. The van der Waals surface area contributed by atoms with Crippen molar-refractivity contribution in [1.82, 2.24) is 0 Å². The van der Waals surface area contributed by atoms with Gasteiger partial charge in [-0.05, 0) is 44.2 Å². The van der Waals surface area contributed by atoms with Gasteiger partial charge in [0.2, 0.25) is 0 Å². The maximum Gasteiger partial charge on any atom is 0.338 e. The molecule has 3 nitrogen and oxygen atoms in total. The van der Waals surface area contributed by atoms with Crippen LogP contribution in [-0.4, -0.2) is 43.7 Å². The third kappa shape index (κ3) is 6.81. The first-order valence-electron chi connectivity index (χ1n) is 10.1. The predicted molar refractivity (Wildman–Crippen MR) is 104 cm³/mol. The Bertz CT molecular complexity index is 512. The zero-order valence-electron chi connectivity index (χ0n) is 16.4. The van der Waals surface area contributed by atoms with Gasteiger partial charge < -0.3 is 9.22 Å². The maximum absolute atomic E-state index is 12.4. The average Bonchev–Trinajstić information content (AvgIpc) is 2.61. The van der Waals surface area contributed by atoms with E-state index in [2.05, 4.69) is 21.0 Å². The number of esters is 1. The van der Waals surface area contributed by atoms with E-state index in [0.29, 0.717) is 11.5 Å². The monoisotopic (exact) mass is 346 g/mol. The fourth-order valence-corrected chi connectivity index (χ4v) is 4.01. The largest absolute Gasteiger partial charge is 0.458 e. The molecule has 0 heterocycles. The number of nitrogens with zero attached hydrogens (tertiary/aromatic N) is 1. The van der Waals surface area contributed by atoms with Crippen LogP contribution in [0.5, 0.6) is 0 Å². The van der Waals surface area contributed by atoms with Crippen molar-refractivity contribution in [2.24, 2.45) is 5.92 Å². The van der Waals surface area contributed by atoms with Crippen molar-refractivity contribution in [3.63, 3.8) is 0 Å². The first kappa shape index (κ1) is 20.0. The highest BCUT2D eigenvalue weighted by Crippen LogP contribution is 2.29. The third-order valence-electron chi connectivity index (χ3n) is 5.45. The summed E-state index contributed by atoms with van der Waals surface area (Å²) in [5.74, 6) is 0.327. The van der Waals surface area contributed by atoms with E-state index in [9.17, 15) is 4.79 Å². The number of unbranched alkanes of at least 4 members (excludes halogenated alkanes) is 3. The van der Waals surface area contributed by atoms with Crippen LogP contribution in [0, 0.1) is 5.92 Å². The molecule has 25 heavy (non-hydrogen) atoms. The summed E-state index contributed by atoms with van der Waals surface area (Å²) in [5, 5.41) is 0. The van der Waals surface area contributed by atoms with Gasteiger partial charge in [-0.1, -0.05) is 44.4 Å². The fourth-order valence-electron chi connectivity index (χ4n) is 4.01. The molecule has 1 fully saturated rings. The molecule has 1 aromatic rings. The number of benzene rings is 1. The number of rotatable bonds is 9. The minimum atomic E-state index is -0.161. The number of quaternary nitrogens is 1. The van der Waals surface area contributed by atoms with Crippen molar-refractivity contribution >= 4 is 5.97 Å². The van der Waals surface area contributed by atoms with Gasteiger partial charge in [0, 0.05) is 5.92 Å². The Labute approximate surface area is 154 Å². The second-order valence-electron chi connectivity index (χ2n) is 8.26. The molecule has 0 saturated heterocycles. The molecule has 0 bridgehead atoms. The summed E-state index contributed by atoms with van der Waals surface area (Å²) < 4.78 is 6.97. The van der Waals surface area contributed by atoms with Crippen molar-refractivity contribution in [3.8, 4) is 0 Å². The molecule has 2 atom stereocenters. The molecule has 1 saturated carbocycles. The molecular formula is C22H36NO2+. The molecule has 2 rings (SSSR count). The van der Waals surface area contributed by atoms with Crippen LogP contribution in [0.1, 0.15) is 68.6 Å². The minimum absolute atomic E-state index is 0.0782. The first-order chi connectivity index (χ1) is 12.0. The van der Waals surface area contributed by atoms with Gasteiger partial charge in [-0.3, -0.25) is 0 Å². The quantitative estimate of drug-likeness (QED) is 0.355. The molecule has 1 aromatic carbocycles. The highest BCUT2D eigenvalue weighted by molar-refractivity contribution is 5.89.